The molecule has 0 saturated carbocycles. The molecule has 2 rings (SSSR count). The van der Waals surface area contributed by atoms with Gasteiger partial charge in [0, 0.05) is 10.0 Å². The van der Waals surface area contributed by atoms with Gasteiger partial charge in [-0.05, 0) is 54.8 Å². The van der Waals surface area contributed by atoms with Crippen LogP contribution < -0.4 is 0 Å². The summed E-state index contributed by atoms with van der Waals surface area (Å²) in [6.07, 6.45) is 3.01. The minimum absolute atomic E-state index is 0.0665. The zero-order valence-corrected chi connectivity index (χ0v) is 13.2. The molecule has 0 radical (unpaired) electrons. The van der Waals surface area contributed by atoms with Crippen molar-refractivity contribution in [2.24, 2.45) is 0 Å². The van der Waals surface area contributed by atoms with E-state index in [1.165, 1.54) is 12.1 Å². The van der Waals surface area contributed by atoms with Crippen LogP contribution in [0.3, 0.4) is 0 Å². The Morgan fingerprint density at radius 2 is 1.86 bits per heavy atom. The number of phenols is 1. The van der Waals surface area contributed by atoms with Gasteiger partial charge in [0.2, 0.25) is 0 Å². The van der Waals surface area contributed by atoms with Crippen LogP contribution in [-0.4, -0.2) is 10.9 Å². The number of halogens is 2. The molecule has 0 atom stereocenters. The third-order valence-corrected chi connectivity index (χ3v) is 4.15. The third kappa shape index (κ3) is 3.29. The number of hydrogen-bond donors (Lipinski definition) is 1. The van der Waals surface area contributed by atoms with E-state index >= 15 is 0 Å². The molecule has 0 aliphatic heterocycles. The van der Waals surface area contributed by atoms with E-state index in [4.69, 9.17) is 23.2 Å². The normalized spacial score (nSPS) is 11.0. The molecule has 0 amide bonds. The van der Waals surface area contributed by atoms with E-state index in [0.29, 0.717) is 15.6 Å². The van der Waals surface area contributed by atoms with E-state index in [-0.39, 0.29) is 17.1 Å². The zero-order valence-electron chi connectivity index (χ0n) is 11.7. The number of benzene rings is 2. The van der Waals surface area contributed by atoms with Gasteiger partial charge in [0.25, 0.3) is 0 Å². The number of aryl methyl sites for hydroxylation is 1. The lowest BCUT2D eigenvalue weighted by Gasteiger charge is -2.09. The average molecular weight is 321 g/mol. The summed E-state index contributed by atoms with van der Waals surface area (Å²) in [4.78, 5) is 12.3. The highest BCUT2D eigenvalue weighted by Gasteiger charge is 2.16. The molecule has 1 N–H and O–H groups in total. The van der Waals surface area contributed by atoms with Crippen molar-refractivity contribution in [3.63, 3.8) is 0 Å². The van der Waals surface area contributed by atoms with Crippen LogP contribution in [0.1, 0.15) is 27.0 Å². The Kier molecular flexibility index (Phi) is 4.71. The van der Waals surface area contributed by atoms with Crippen molar-refractivity contribution < 1.29 is 9.90 Å². The summed E-state index contributed by atoms with van der Waals surface area (Å²) in [7, 11) is 0. The Bertz CT molecular complexity index is 734. The van der Waals surface area contributed by atoms with Gasteiger partial charge in [-0.1, -0.05) is 41.4 Å². The number of hydrogen-bond acceptors (Lipinski definition) is 2. The maximum absolute atomic E-state index is 12.3. The molecule has 2 nitrogen and oxygen atoms in total. The Morgan fingerprint density at radius 3 is 2.52 bits per heavy atom. The van der Waals surface area contributed by atoms with Crippen molar-refractivity contribution in [2.45, 2.75) is 13.8 Å². The first kappa shape index (κ1) is 15.6. The molecule has 0 saturated heterocycles. The van der Waals surface area contributed by atoms with Gasteiger partial charge in [0.15, 0.2) is 5.78 Å². The molecule has 21 heavy (non-hydrogen) atoms. The fraction of sp³-hybridized carbons (Fsp3) is 0.118. The monoisotopic (exact) mass is 320 g/mol. The second-order valence-electron chi connectivity index (χ2n) is 4.75. The van der Waals surface area contributed by atoms with Gasteiger partial charge in [0.1, 0.15) is 5.75 Å². The minimum Gasteiger partial charge on any atom is -0.507 e. The molecular formula is C17H14Cl2O2. The summed E-state index contributed by atoms with van der Waals surface area (Å²) >= 11 is 12.2. The fourth-order valence-corrected chi connectivity index (χ4v) is 2.46. The maximum atomic E-state index is 12.3. The third-order valence-electron chi connectivity index (χ3n) is 3.23. The summed E-state index contributed by atoms with van der Waals surface area (Å²) < 4.78 is 0. The number of aromatic hydroxyl groups is 1. The number of carbonyl (C=O) groups excluding carboxylic acids is 1. The first-order valence-corrected chi connectivity index (χ1v) is 7.13. The number of ketones is 1. The van der Waals surface area contributed by atoms with E-state index in [9.17, 15) is 9.90 Å². The molecule has 0 spiro atoms. The highest BCUT2D eigenvalue weighted by molar-refractivity contribution is 6.33. The summed E-state index contributed by atoms with van der Waals surface area (Å²) in [5.41, 5.74) is 2.26. The Labute approximate surface area is 133 Å². The second kappa shape index (κ2) is 6.33. The van der Waals surface area contributed by atoms with Crippen molar-refractivity contribution in [3.8, 4) is 5.75 Å². The second-order valence-corrected chi connectivity index (χ2v) is 5.53. The van der Waals surface area contributed by atoms with Gasteiger partial charge in [-0.3, -0.25) is 4.79 Å². The summed E-state index contributed by atoms with van der Waals surface area (Å²) in [5, 5.41) is 11.0. The molecule has 0 aliphatic rings. The molecule has 0 fully saturated rings. The van der Waals surface area contributed by atoms with Crippen molar-refractivity contribution in [3.05, 3.63) is 68.7 Å². The number of phenolic OH excluding ortho intramolecular Hbond substituents is 1. The van der Waals surface area contributed by atoms with E-state index < -0.39 is 0 Å². The highest BCUT2D eigenvalue weighted by atomic mass is 35.5. The standard InChI is InChI=1S/C17H14Cl2O2/c1-10-9-15(21)16(11(2)17(10)19)14(20)8-7-12-5-3-4-6-13(12)18/h3-9,21H,1-2H3/b8-7+. The van der Waals surface area contributed by atoms with Crippen LogP contribution in [0.15, 0.2) is 36.4 Å². The van der Waals surface area contributed by atoms with Crippen LogP contribution in [0, 0.1) is 13.8 Å². The van der Waals surface area contributed by atoms with Gasteiger partial charge in [-0.2, -0.15) is 0 Å². The van der Waals surface area contributed by atoms with Crippen LogP contribution in [0.25, 0.3) is 6.08 Å². The topological polar surface area (TPSA) is 37.3 Å². The van der Waals surface area contributed by atoms with Crippen LogP contribution in [0.2, 0.25) is 10.0 Å². The molecule has 108 valence electrons. The van der Waals surface area contributed by atoms with Crippen LogP contribution >= 0.6 is 23.2 Å². The van der Waals surface area contributed by atoms with Crippen LogP contribution in [-0.2, 0) is 0 Å². The zero-order chi connectivity index (χ0) is 15.6. The number of rotatable bonds is 3. The lowest BCUT2D eigenvalue weighted by Crippen LogP contribution is -2.00. The first-order chi connectivity index (χ1) is 9.91. The van der Waals surface area contributed by atoms with E-state index in [0.717, 1.165) is 11.1 Å². The predicted molar refractivity (Wildman–Crippen MR) is 87.4 cm³/mol. The van der Waals surface area contributed by atoms with Crippen LogP contribution in [0.5, 0.6) is 5.75 Å². The summed E-state index contributed by atoms with van der Waals surface area (Å²) in [6.45, 7) is 3.49. The molecule has 2 aromatic carbocycles. The number of carbonyl (C=O) groups is 1. The Hall–Kier alpha value is -1.77. The molecule has 2 aromatic rings. The smallest absolute Gasteiger partial charge is 0.189 e. The quantitative estimate of drug-likeness (QED) is 0.622. The van der Waals surface area contributed by atoms with E-state index in [1.807, 2.05) is 12.1 Å². The molecule has 0 bridgehead atoms. The van der Waals surface area contributed by atoms with Gasteiger partial charge < -0.3 is 5.11 Å². The predicted octanol–water partition coefficient (Wildman–Crippen LogP) is 5.21. The minimum atomic E-state index is -0.313. The number of allylic oxidation sites excluding steroid dienone is 1. The molecular weight excluding hydrogens is 307 g/mol. The lowest BCUT2D eigenvalue weighted by molar-refractivity contribution is 0.104. The molecule has 4 heteroatoms. The maximum Gasteiger partial charge on any atom is 0.189 e. The van der Waals surface area contributed by atoms with Gasteiger partial charge >= 0.3 is 0 Å². The van der Waals surface area contributed by atoms with Crippen molar-refractivity contribution in [1.29, 1.82) is 0 Å². The summed E-state index contributed by atoms with van der Waals surface area (Å²) in [5.74, 6) is -0.380. The van der Waals surface area contributed by atoms with E-state index in [2.05, 4.69) is 0 Å². The Balaban J connectivity index is 2.38. The SMILES string of the molecule is Cc1cc(O)c(C(=O)/C=C/c2ccccc2Cl)c(C)c1Cl. The van der Waals surface area contributed by atoms with Crippen LogP contribution in [0.4, 0.5) is 0 Å². The van der Waals surface area contributed by atoms with Crippen molar-refractivity contribution in [1.82, 2.24) is 0 Å². The van der Waals surface area contributed by atoms with Crippen molar-refractivity contribution in [2.75, 3.05) is 0 Å². The van der Waals surface area contributed by atoms with Gasteiger partial charge in [0.05, 0.1) is 5.56 Å². The van der Waals surface area contributed by atoms with Crippen molar-refractivity contribution >= 4 is 35.1 Å². The largest absolute Gasteiger partial charge is 0.507 e. The fourth-order valence-electron chi connectivity index (χ4n) is 2.11. The van der Waals surface area contributed by atoms with Gasteiger partial charge in [-0.15, -0.1) is 0 Å². The molecule has 0 aromatic heterocycles. The highest BCUT2D eigenvalue weighted by Crippen LogP contribution is 2.31. The Morgan fingerprint density at radius 1 is 1.19 bits per heavy atom. The van der Waals surface area contributed by atoms with E-state index in [1.54, 1.807) is 32.1 Å². The van der Waals surface area contributed by atoms with Gasteiger partial charge in [-0.25, -0.2) is 0 Å². The molecule has 0 unspecified atom stereocenters. The first-order valence-electron chi connectivity index (χ1n) is 6.37. The molecule has 0 heterocycles. The molecule has 0 aliphatic carbocycles. The summed E-state index contributed by atoms with van der Waals surface area (Å²) in [6, 6.07) is 8.70. The lowest BCUT2D eigenvalue weighted by atomic mass is 10.00. The average Bonchev–Trinajstić information content (AvgIpc) is 2.44.